The molecule has 0 aliphatic rings. The molecule has 4 rings (SSSR count). The largest absolute Gasteiger partial charge is 0.418 e. The summed E-state index contributed by atoms with van der Waals surface area (Å²) in [6.45, 7) is 0. The first kappa shape index (κ1) is 18.5. The number of nitrogens with zero attached hydrogens (tertiary/aromatic N) is 2. The van der Waals surface area contributed by atoms with E-state index in [2.05, 4.69) is 15.5 Å². The molecule has 144 valence electrons. The average Bonchev–Trinajstić information content (AvgIpc) is 3.23. The van der Waals surface area contributed by atoms with E-state index in [0.29, 0.717) is 5.56 Å². The smallest absolute Gasteiger partial charge is 0.252 e. The number of amides is 1. The molecule has 0 saturated carbocycles. The van der Waals surface area contributed by atoms with Crippen molar-refractivity contribution in [1.29, 1.82) is 0 Å². The standard InChI is InChI=1S/C22H15F2N3O2/c23-16-10-6-9-15(13-16)20(28)25-19(17-11-4-5-12-18(17)24)22-27-26-21(29-22)14-7-2-1-3-8-14/h1-13,19H,(H,25,28)/t19-/m0/s1. The second-order valence-electron chi connectivity index (χ2n) is 6.25. The lowest BCUT2D eigenvalue weighted by Crippen LogP contribution is -2.30. The Morgan fingerprint density at radius 2 is 1.66 bits per heavy atom. The zero-order valence-corrected chi connectivity index (χ0v) is 15.0. The monoisotopic (exact) mass is 391 g/mol. The maximum atomic E-state index is 14.5. The molecular formula is C22H15F2N3O2. The van der Waals surface area contributed by atoms with Gasteiger partial charge in [-0.3, -0.25) is 4.79 Å². The summed E-state index contributed by atoms with van der Waals surface area (Å²) in [5, 5.41) is 10.7. The van der Waals surface area contributed by atoms with Crippen molar-refractivity contribution >= 4 is 5.91 Å². The fourth-order valence-corrected chi connectivity index (χ4v) is 2.87. The van der Waals surface area contributed by atoms with Gasteiger partial charge in [-0.05, 0) is 36.4 Å². The topological polar surface area (TPSA) is 68.0 Å². The lowest BCUT2D eigenvalue weighted by Gasteiger charge is -2.16. The van der Waals surface area contributed by atoms with Crippen molar-refractivity contribution < 1.29 is 18.0 Å². The summed E-state index contributed by atoms with van der Waals surface area (Å²) in [4.78, 5) is 12.7. The number of rotatable bonds is 5. The number of nitrogens with one attached hydrogen (secondary N) is 1. The molecule has 0 spiro atoms. The van der Waals surface area contributed by atoms with Crippen LogP contribution in [0.15, 0.2) is 83.3 Å². The minimum atomic E-state index is -1.04. The van der Waals surface area contributed by atoms with Gasteiger partial charge in [-0.15, -0.1) is 10.2 Å². The predicted octanol–water partition coefficient (Wildman–Crippen LogP) is 4.53. The van der Waals surface area contributed by atoms with Gasteiger partial charge < -0.3 is 9.73 Å². The molecule has 1 aromatic heterocycles. The number of aromatic nitrogens is 2. The molecule has 4 aromatic rings. The zero-order valence-electron chi connectivity index (χ0n) is 15.0. The zero-order chi connectivity index (χ0) is 20.2. The van der Waals surface area contributed by atoms with E-state index in [1.807, 2.05) is 18.2 Å². The first-order valence-electron chi connectivity index (χ1n) is 8.81. The number of hydrogen-bond donors (Lipinski definition) is 1. The third-order valence-electron chi connectivity index (χ3n) is 4.29. The molecule has 3 aromatic carbocycles. The molecule has 0 unspecified atom stereocenters. The fourth-order valence-electron chi connectivity index (χ4n) is 2.87. The molecule has 0 aliphatic carbocycles. The van der Waals surface area contributed by atoms with Crippen molar-refractivity contribution in [2.75, 3.05) is 0 Å². The van der Waals surface area contributed by atoms with Gasteiger partial charge in [-0.2, -0.15) is 0 Å². The second kappa shape index (κ2) is 8.02. The minimum absolute atomic E-state index is 0.0127. The second-order valence-corrected chi connectivity index (χ2v) is 6.25. The van der Waals surface area contributed by atoms with Crippen molar-refractivity contribution in [2.24, 2.45) is 0 Å². The Bertz CT molecular complexity index is 1150. The summed E-state index contributed by atoms with van der Waals surface area (Å²) < 4.78 is 33.7. The Hall–Kier alpha value is -3.87. The molecule has 5 nitrogen and oxygen atoms in total. The molecule has 0 fully saturated rings. The summed E-state index contributed by atoms with van der Waals surface area (Å²) in [7, 11) is 0. The molecular weight excluding hydrogens is 376 g/mol. The molecule has 0 aliphatic heterocycles. The van der Waals surface area contributed by atoms with Gasteiger partial charge in [0, 0.05) is 16.7 Å². The molecule has 1 heterocycles. The summed E-state index contributed by atoms with van der Waals surface area (Å²) in [6.07, 6.45) is 0. The van der Waals surface area contributed by atoms with Crippen LogP contribution >= 0.6 is 0 Å². The maximum absolute atomic E-state index is 14.5. The quantitative estimate of drug-likeness (QED) is 0.543. The van der Waals surface area contributed by atoms with Crippen molar-refractivity contribution in [3.8, 4) is 11.5 Å². The van der Waals surface area contributed by atoms with Crippen LogP contribution in [0.4, 0.5) is 8.78 Å². The number of carbonyl (C=O) groups excluding carboxylic acids is 1. The van der Waals surface area contributed by atoms with Gasteiger partial charge in [-0.25, -0.2) is 8.78 Å². The van der Waals surface area contributed by atoms with E-state index in [1.54, 1.807) is 18.2 Å². The highest BCUT2D eigenvalue weighted by Crippen LogP contribution is 2.27. The van der Waals surface area contributed by atoms with Crippen LogP contribution in [0.3, 0.4) is 0 Å². The van der Waals surface area contributed by atoms with Crippen LogP contribution in [0.5, 0.6) is 0 Å². The number of carbonyl (C=O) groups is 1. The van der Waals surface area contributed by atoms with E-state index >= 15 is 0 Å². The highest BCUT2D eigenvalue weighted by atomic mass is 19.1. The van der Waals surface area contributed by atoms with E-state index in [4.69, 9.17) is 4.42 Å². The van der Waals surface area contributed by atoms with Gasteiger partial charge in [0.2, 0.25) is 11.8 Å². The first-order valence-corrected chi connectivity index (χ1v) is 8.81. The normalized spacial score (nSPS) is 11.8. The number of hydrogen-bond acceptors (Lipinski definition) is 4. The van der Waals surface area contributed by atoms with Crippen LogP contribution < -0.4 is 5.32 Å². The molecule has 1 amide bonds. The molecule has 1 N–H and O–H groups in total. The van der Waals surface area contributed by atoms with Gasteiger partial charge in [-0.1, -0.05) is 42.5 Å². The highest BCUT2D eigenvalue weighted by Gasteiger charge is 2.26. The summed E-state index contributed by atoms with van der Waals surface area (Å²) in [5.41, 5.74) is 0.935. The molecule has 0 radical (unpaired) electrons. The van der Waals surface area contributed by atoms with E-state index in [1.165, 1.54) is 36.4 Å². The summed E-state index contributed by atoms with van der Waals surface area (Å²) in [6, 6.07) is 19.2. The Balaban J connectivity index is 1.71. The van der Waals surface area contributed by atoms with E-state index < -0.39 is 23.6 Å². The van der Waals surface area contributed by atoms with Crippen LogP contribution in [0.25, 0.3) is 11.5 Å². The van der Waals surface area contributed by atoms with Gasteiger partial charge in [0.25, 0.3) is 5.91 Å². The molecule has 29 heavy (non-hydrogen) atoms. The Morgan fingerprint density at radius 1 is 0.897 bits per heavy atom. The first-order chi connectivity index (χ1) is 14.1. The van der Waals surface area contributed by atoms with E-state index in [0.717, 1.165) is 6.07 Å². The van der Waals surface area contributed by atoms with Crippen molar-refractivity contribution in [2.45, 2.75) is 6.04 Å². The van der Waals surface area contributed by atoms with Gasteiger partial charge in [0.15, 0.2) is 0 Å². The molecule has 7 heteroatoms. The van der Waals surface area contributed by atoms with Crippen LogP contribution in [0, 0.1) is 11.6 Å². The highest BCUT2D eigenvalue weighted by molar-refractivity contribution is 5.94. The van der Waals surface area contributed by atoms with Crippen molar-refractivity contribution in [3.05, 3.63) is 108 Å². The molecule has 0 saturated heterocycles. The van der Waals surface area contributed by atoms with Crippen LogP contribution in [-0.4, -0.2) is 16.1 Å². The lowest BCUT2D eigenvalue weighted by molar-refractivity contribution is 0.0937. The van der Waals surface area contributed by atoms with Gasteiger partial charge >= 0.3 is 0 Å². The average molecular weight is 391 g/mol. The van der Waals surface area contributed by atoms with E-state index in [-0.39, 0.29) is 22.9 Å². The maximum Gasteiger partial charge on any atom is 0.252 e. The third kappa shape index (κ3) is 4.03. The third-order valence-corrected chi connectivity index (χ3v) is 4.29. The van der Waals surface area contributed by atoms with Gasteiger partial charge in [0.05, 0.1) is 0 Å². The number of halogens is 2. The van der Waals surface area contributed by atoms with Gasteiger partial charge in [0.1, 0.15) is 17.7 Å². The van der Waals surface area contributed by atoms with E-state index in [9.17, 15) is 13.6 Å². The molecule has 1 atom stereocenters. The fraction of sp³-hybridized carbons (Fsp3) is 0.0455. The van der Waals surface area contributed by atoms with Crippen LogP contribution in [0.2, 0.25) is 0 Å². The minimum Gasteiger partial charge on any atom is -0.418 e. The predicted molar refractivity (Wildman–Crippen MR) is 102 cm³/mol. The van der Waals surface area contributed by atoms with Crippen LogP contribution in [-0.2, 0) is 0 Å². The summed E-state index contributed by atoms with van der Waals surface area (Å²) >= 11 is 0. The Morgan fingerprint density at radius 3 is 2.41 bits per heavy atom. The Labute approximate surface area is 165 Å². The Kier molecular flexibility index (Phi) is 5.11. The molecule has 0 bridgehead atoms. The SMILES string of the molecule is O=C(N[C@H](c1nnc(-c2ccccc2)o1)c1ccccc1F)c1cccc(F)c1. The van der Waals surface area contributed by atoms with Crippen molar-refractivity contribution in [3.63, 3.8) is 0 Å². The summed E-state index contributed by atoms with van der Waals surface area (Å²) in [5.74, 6) is -1.45. The van der Waals surface area contributed by atoms with Crippen LogP contribution in [0.1, 0.15) is 27.9 Å². The lowest BCUT2D eigenvalue weighted by atomic mass is 10.1. The van der Waals surface area contributed by atoms with Crippen molar-refractivity contribution in [1.82, 2.24) is 15.5 Å². The number of benzene rings is 3.